The summed E-state index contributed by atoms with van der Waals surface area (Å²) in [5.41, 5.74) is 27.5. The largest absolute Gasteiger partial charge is 0.361 e. The maximum absolute atomic E-state index is 7.36. The molecule has 458 valence electrons. The lowest BCUT2D eigenvalue weighted by atomic mass is 9.74. The number of anilines is 4. The third-order valence-electron chi connectivity index (χ3n) is 19.5. The molecule has 12 rings (SSSR count). The van der Waals surface area contributed by atoms with Gasteiger partial charge in [0.05, 0.1) is 0 Å². The molecule has 0 aromatic heterocycles. The first kappa shape index (κ1) is 62.4. The average Bonchev–Trinajstić information content (AvgIpc) is 0.753. The Bertz CT molecular complexity index is 4120. The molecule has 0 atom stereocenters. The monoisotopic (exact) mass is 1200 g/mol. The molecule has 92 heavy (non-hydrogen) atoms. The minimum Gasteiger partial charge on any atom is -0.361 e. The van der Waals surface area contributed by atoms with Crippen molar-refractivity contribution in [2.45, 2.75) is 91.1 Å². The van der Waals surface area contributed by atoms with Crippen molar-refractivity contribution in [1.82, 2.24) is 0 Å². The zero-order valence-electron chi connectivity index (χ0n) is 55.3. The molecule has 0 saturated heterocycles. The predicted molar refractivity (Wildman–Crippen MR) is 392 cm³/mol. The highest BCUT2D eigenvalue weighted by atomic mass is 16.5. The third-order valence-corrected chi connectivity index (χ3v) is 19.5. The minimum atomic E-state index is -0.886. The van der Waals surface area contributed by atoms with Gasteiger partial charge in [0, 0.05) is 54.3 Å². The summed E-state index contributed by atoms with van der Waals surface area (Å²) >= 11 is 0. The van der Waals surface area contributed by atoms with Gasteiger partial charge in [-0.3, -0.25) is 0 Å². The van der Waals surface area contributed by atoms with Gasteiger partial charge in [-0.1, -0.05) is 297 Å². The first-order valence-electron chi connectivity index (χ1n) is 33.0. The van der Waals surface area contributed by atoms with Crippen LogP contribution < -0.4 is 9.80 Å². The van der Waals surface area contributed by atoms with Crippen molar-refractivity contribution >= 4 is 22.7 Å². The van der Waals surface area contributed by atoms with E-state index in [-0.39, 0.29) is 10.8 Å². The lowest BCUT2D eigenvalue weighted by Crippen LogP contribution is -2.33. The normalized spacial score (nSPS) is 11.8. The van der Waals surface area contributed by atoms with Crippen LogP contribution >= 0.6 is 0 Å². The number of hydrogen-bond acceptors (Lipinski definition) is 3. The molecule has 0 aliphatic rings. The summed E-state index contributed by atoms with van der Waals surface area (Å²) < 4.78 is 7.36. The fourth-order valence-corrected chi connectivity index (χ4v) is 13.1. The second kappa shape index (κ2) is 27.0. The molecule has 12 aromatic carbocycles. The summed E-state index contributed by atoms with van der Waals surface area (Å²) in [6.07, 6.45) is 2.97. The molecule has 0 spiro atoms. The summed E-state index contributed by atoms with van der Waals surface area (Å²) in [4.78, 5) is 4.50. The predicted octanol–water partition coefficient (Wildman–Crippen LogP) is 23.4. The standard InChI is InChI=1S/C89H86N2O/c1-11-62-92-89(80-44-30-71(31-45-80)66-20-14-63(4)15-21-66,81-50-46-78(47-51-81)87(5,6)76-40-26-69(27-41-76)74-36-58-85(59-37-74)90(9)83-54-32-72(33-55-83)67-22-16-64(12-2)17-23-67)82-52-48-79(49-53-82)88(7,8)77-42-28-70(29-43-77)75-38-60-86(61-39-75)91(10)84-56-34-73(35-57-84)68-24-18-65(13-3)19-25-68/h14-61H,11-13,62H2,1-10H3. The minimum absolute atomic E-state index is 0.274. The quantitative estimate of drug-likeness (QED) is 0.0667. The highest BCUT2D eigenvalue weighted by Crippen LogP contribution is 2.45. The van der Waals surface area contributed by atoms with Crippen molar-refractivity contribution in [1.29, 1.82) is 0 Å². The van der Waals surface area contributed by atoms with E-state index in [0.717, 1.165) is 58.7 Å². The SMILES string of the molecule is CCCOC(c1ccc(-c2ccc(C)cc2)cc1)(c1ccc(C(C)(C)c2ccc(-c3ccc(N(C)c4ccc(-c5ccc(CC)cc5)cc4)cc3)cc2)cc1)c1ccc(C(C)(C)c2ccc(-c3ccc(N(C)c4ccc(-c5ccc(CC)cc5)cc4)cc3)cc2)cc1. The van der Waals surface area contributed by atoms with E-state index >= 15 is 0 Å². The Hall–Kier alpha value is -9.80. The van der Waals surface area contributed by atoms with Crippen LogP contribution in [-0.4, -0.2) is 20.7 Å². The van der Waals surface area contributed by atoms with E-state index in [1.807, 2.05) is 0 Å². The van der Waals surface area contributed by atoms with E-state index < -0.39 is 5.60 Å². The van der Waals surface area contributed by atoms with Crippen LogP contribution in [0.2, 0.25) is 0 Å². The van der Waals surface area contributed by atoms with Gasteiger partial charge in [-0.15, -0.1) is 0 Å². The van der Waals surface area contributed by atoms with Crippen LogP contribution in [0, 0.1) is 6.92 Å². The van der Waals surface area contributed by atoms with Crippen LogP contribution in [0.4, 0.5) is 22.7 Å². The van der Waals surface area contributed by atoms with Crippen molar-refractivity contribution in [3.8, 4) is 55.6 Å². The van der Waals surface area contributed by atoms with Gasteiger partial charge in [-0.2, -0.15) is 0 Å². The van der Waals surface area contributed by atoms with E-state index in [1.165, 1.54) is 94.6 Å². The van der Waals surface area contributed by atoms with Gasteiger partial charge in [0.15, 0.2) is 0 Å². The van der Waals surface area contributed by atoms with E-state index in [1.54, 1.807) is 0 Å². The van der Waals surface area contributed by atoms with Crippen molar-refractivity contribution < 1.29 is 4.74 Å². The van der Waals surface area contributed by atoms with Gasteiger partial charge in [0.1, 0.15) is 5.60 Å². The highest BCUT2D eigenvalue weighted by Gasteiger charge is 2.39. The van der Waals surface area contributed by atoms with Gasteiger partial charge in [-0.05, 0) is 180 Å². The second-order valence-electron chi connectivity index (χ2n) is 25.9. The van der Waals surface area contributed by atoms with Gasteiger partial charge in [0.25, 0.3) is 0 Å². The first-order chi connectivity index (χ1) is 44.6. The molecular weight excluding hydrogens is 1110 g/mol. The van der Waals surface area contributed by atoms with E-state index in [2.05, 4.69) is 370 Å². The van der Waals surface area contributed by atoms with Gasteiger partial charge in [-0.25, -0.2) is 0 Å². The number of nitrogens with zero attached hydrogens (tertiary/aromatic N) is 2. The van der Waals surface area contributed by atoms with Crippen molar-refractivity contribution in [3.05, 3.63) is 347 Å². The zero-order chi connectivity index (χ0) is 64.0. The smallest absolute Gasteiger partial charge is 0.143 e. The van der Waals surface area contributed by atoms with Crippen LogP contribution in [0.3, 0.4) is 0 Å². The molecule has 0 aliphatic carbocycles. The fourth-order valence-electron chi connectivity index (χ4n) is 13.1. The van der Waals surface area contributed by atoms with Crippen molar-refractivity contribution in [3.63, 3.8) is 0 Å². The molecule has 0 unspecified atom stereocenters. The van der Waals surface area contributed by atoms with Crippen LogP contribution in [0.15, 0.2) is 291 Å². The molecule has 0 N–H and O–H groups in total. The second-order valence-corrected chi connectivity index (χ2v) is 25.9. The topological polar surface area (TPSA) is 15.7 Å². The third kappa shape index (κ3) is 12.9. The Balaban J connectivity index is 0.774. The highest BCUT2D eigenvalue weighted by molar-refractivity contribution is 5.75. The molecule has 0 saturated carbocycles. The average molecular weight is 1200 g/mol. The molecule has 3 nitrogen and oxygen atoms in total. The lowest BCUT2D eigenvalue weighted by Gasteiger charge is -2.37. The van der Waals surface area contributed by atoms with E-state index in [0.29, 0.717) is 6.61 Å². The molecule has 0 bridgehead atoms. The summed E-state index contributed by atoms with van der Waals surface area (Å²) in [7, 11) is 4.28. The molecular formula is C89H86N2O. The summed E-state index contributed by atoms with van der Waals surface area (Å²) in [6, 6.07) is 108. The van der Waals surface area contributed by atoms with E-state index in [4.69, 9.17) is 4.74 Å². The molecule has 0 radical (unpaired) electrons. The van der Waals surface area contributed by atoms with Gasteiger partial charge >= 0.3 is 0 Å². The Morgan fingerprint density at radius 2 is 0.457 bits per heavy atom. The number of ether oxygens (including phenoxy) is 1. The number of aryl methyl sites for hydroxylation is 3. The van der Waals surface area contributed by atoms with Crippen LogP contribution in [-0.2, 0) is 34.0 Å². The number of rotatable bonds is 21. The molecule has 0 amide bonds. The van der Waals surface area contributed by atoms with E-state index in [9.17, 15) is 0 Å². The number of hydrogen-bond donors (Lipinski definition) is 0. The number of benzene rings is 12. The molecule has 3 heteroatoms. The lowest BCUT2D eigenvalue weighted by molar-refractivity contribution is 0.0132. The van der Waals surface area contributed by atoms with Gasteiger partial charge < -0.3 is 14.5 Å². The Labute approximate surface area is 548 Å². The Morgan fingerprint density at radius 3 is 0.696 bits per heavy atom. The zero-order valence-corrected chi connectivity index (χ0v) is 55.3. The maximum Gasteiger partial charge on any atom is 0.143 e. The summed E-state index contributed by atoms with van der Waals surface area (Å²) in [5, 5.41) is 0. The maximum atomic E-state index is 7.36. The summed E-state index contributed by atoms with van der Waals surface area (Å²) in [5.74, 6) is 0. The van der Waals surface area contributed by atoms with Gasteiger partial charge in [0.2, 0.25) is 0 Å². The molecule has 12 aromatic rings. The van der Waals surface area contributed by atoms with Crippen LogP contribution in [0.25, 0.3) is 55.6 Å². The van der Waals surface area contributed by atoms with Crippen molar-refractivity contribution in [2.24, 2.45) is 0 Å². The first-order valence-corrected chi connectivity index (χ1v) is 33.0. The van der Waals surface area contributed by atoms with Crippen LogP contribution in [0.5, 0.6) is 0 Å². The molecule has 0 aliphatic heterocycles. The molecule has 0 fully saturated rings. The fraction of sp³-hybridized carbons (Fsp3) is 0.191. The Kier molecular flexibility index (Phi) is 18.3. The Morgan fingerprint density at radius 1 is 0.261 bits per heavy atom. The summed E-state index contributed by atoms with van der Waals surface area (Å²) in [6.45, 7) is 18.6. The molecule has 0 heterocycles. The van der Waals surface area contributed by atoms with Crippen molar-refractivity contribution in [2.75, 3.05) is 30.5 Å². The van der Waals surface area contributed by atoms with Crippen LogP contribution in [0.1, 0.15) is 111 Å².